The fourth-order valence-corrected chi connectivity index (χ4v) is 1.63. The van der Waals surface area contributed by atoms with Gasteiger partial charge in [-0.05, 0) is 6.07 Å². The predicted molar refractivity (Wildman–Crippen MR) is 66.7 cm³/mol. The molecule has 0 aliphatic carbocycles. The number of aromatic nitrogens is 1. The molecule has 2 rings (SSSR count). The number of benzene rings is 1. The van der Waals surface area contributed by atoms with Crippen LogP contribution < -0.4 is 11.1 Å². The number of aliphatic hydroxyl groups is 1. The number of nitrogen functional groups attached to an aromatic ring is 1. The maximum Gasteiger partial charge on any atom is 0.287 e. The van der Waals surface area contributed by atoms with Gasteiger partial charge in [0.05, 0.1) is 29.6 Å². The van der Waals surface area contributed by atoms with Crippen molar-refractivity contribution in [2.24, 2.45) is 0 Å². The maximum absolute atomic E-state index is 13.0. The highest BCUT2D eigenvalue weighted by molar-refractivity contribution is 5.96. The zero-order chi connectivity index (χ0) is 13.2. The molecule has 0 atom stereocenters. The number of para-hydroxylation sites is 1. The van der Waals surface area contributed by atoms with Crippen LogP contribution >= 0.6 is 0 Å². The molecule has 1 aromatic carbocycles. The van der Waals surface area contributed by atoms with Crippen molar-refractivity contribution < 1.29 is 13.9 Å². The zero-order valence-electron chi connectivity index (χ0n) is 9.53. The van der Waals surface area contributed by atoms with Gasteiger partial charge in [0.25, 0.3) is 5.92 Å². The van der Waals surface area contributed by atoms with E-state index >= 15 is 0 Å². The number of nitrogens with two attached hydrogens (primary N) is 1. The van der Waals surface area contributed by atoms with E-state index in [1.165, 1.54) is 6.20 Å². The van der Waals surface area contributed by atoms with Gasteiger partial charge >= 0.3 is 0 Å². The third-order valence-corrected chi connectivity index (χ3v) is 2.56. The lowest BCUT2D eigenvalue weighted by Gasteiger charge is -2.17. The molecule has 2 aromatic rings. The lowest BCUT2D eigenvalue weighted by atomic mass is 10.1. The molecule has 96 valence electrons. The quantitative estimate of drug-likeness (QED) is 0.777. The summed E-state index contributed by atoms with van der Waals surface area (Å²) in [7, 11) is 0. The lowest BCUT2D eigenvalue weighted by Crippen LogP contribution is -2.31. The Kier molecular flexibility index (Phi) is 3.29. The van der Waals surface area contributed by atoms with Crippen LogP contribution in [-0.2, 0) is 0 Å². The van der Waals surface area contributed by atoms with Crippen molar-refractivity contribution in [2.45, 2.75) is 5.92 Å². The highest BCUT2D eigenvalue weighted by Crippen LogP contribution is 2.28. The molecule has 0 saturated heterocycles. The molecule has 0 aliphatic rings. The number of aliphatic hydroxyl groups excluding tert-OH is 1. The number of pyridine rings is 1. The monoisotopic (exact) mass is 253 g/mol. The van der Waals surface area contributed by atoms with Gasteiger partial charge in [-0.3, -0.25) is 4.98 Å². The number of nitrogens with one attached hydrogen (secondary N) is 1. The van der Waals surface area contributed by atoms with E-state index in [0.717, 1.165) is 0 Å². The normalized spacial score (nSPS) is 11.7. The van der Waals surface area contributed by atoms with Crippen molar-refractivity contribution in [1.82, 2.24) is 4.98 Å². The maximum atomic E-state index is 13.0. The Labute approximate surface area is 102 Å². The van der Waals surface area contributed by atoms with Crippen molar-refractivity contribution in [1.29, 1.82) is 0 Å². The van der Waals surface area contributed by atoms with Gasteiger partial charge in [0.2, 0.25) is 0 Å². The molecule has 0 saturated carbocycles. The zero-order valence-corrected chi connectivity index (χ0v) is 9.53. The molecule has 0 fully saturated rings. The highest BCUT2D eigenvalue weighted by atomic mass is 19.3. The first-order chi connectivity index (χ1) is 8.53. The molecule has 18 heavy (non-hydrogen) atoms. The van der Waals surface area contributed by atoms with Gasteiger partial charge in [0.1, 0.15) is 6.61 Å². The Morgan fingerprint density at radius 2 is 2.06 bits per heavy atom. The van der Waals surface area contributed by atoms with Crippen molar-refractivity contribution >= 4 is 22.3 Å². The van der Waals surface area contributed by atoms with Crippen LogP contribution in [0.5, 0.6) is 0 Å². The first kappa shape index (κ1) is 12.5. The fraction of sp³-hybridized carbons (Fsp3) is 0.250. The largest absolute Gasteiger partial charge is 0.396 e. The highest BCUT2D eigenvalue weighted by Gasteiger charge is 2.27. The summed E-state index contributed by atoms with van der Waals surface area (Å²) in [6.45, 7) is -1.88. The van der Waals surface area contributed by atoms with Gasteiger partial charge in [-0.2, -0.15) is 0 Å². The summed E-state index contributed by atoms with van der Waals surface area (Å²) in [5, 5.41) is 11.8. The van der Waals surface area contributed by atoms with E-state index in [4.69, 9.17) is 10.8 Å². The minimum atomic E-state index is -3.18. The number of hydrogen-bond acceptors (Lipinski definition) is 4. The van der Waals surface area contributed by atoms with E-state index in [-0.39, 0.29) is 0 Å². The van der Waals surface area contributed by atoms with E-state index < -0.39 is 19.1 Å². The minimum Gasteiger partial charge on any atom is -0.396 e. The van der Waals surface area contributed by atoms with Gasteiger partial charge < -0.3 is 16.2 Å². The molecule has 1 aromatic heterocycles. The Morgan fingerprint density at radius 1 is 1.33 bits per heavy atom. The van der Waals surface area contributed by atoms with Crippen LogP contribution in [0.1, 0.15) is 0 Å². The summed E-state index contributed by atoms with van der Waals surface area (Å²) in [5.41, 5.74) is 7.10. The predicted octanol–water partition coefficient (Wildman–Crippen LogP) is 1.86. The summed E-state index contributed by atoms with van der Waals surface area (Å²) in [5.74, 6) is -3.18. The number of fused-ring (bicyclic) bond motifs is 1. The minimum absolute atomic E-state index is 0.294. The lowest BCUT2D eigenvalue weighted by molar-refractivity contribution is -0.0372. The van der Waals surface area contributed by atoms with Crippen LogP contribution in [-0.4, -0.2) is 29.2 Å². The number of nitrogens with zero attached hydrogens (tertiary/aromatic N) is 1. The number of rotatable bonds is 4. The molecule has 0 amide bonds. The molecule has 1 heterocycles. The molecule has 6 heteroatoms. The molecular formula is C12H13F2N3O. The van der Waals surface area contributed by atoms with Crippen LogP contribution in [0.2, 0.25) is 0 Å². The van der Waals surface area contributed by atoms with Crippen molar-refractivity contribution in [3.63, 3.8) is 0 Å². The second-order valence-corrected chi connectivity index (χ2v) is 3.97. The van der Waals surface area contributed by atoms with Crippen molar-refractivity contribution in [3.8, 4) is 0 Å². The summed E-state index contributed by atoms with van der Waals surface area (Å²) in [6.07, 6.45) is 1.42. The van der Waals surface area contributed by atoms with E-state index in [1.807, 2.05) is 0 Å². The summed E-state index contributed by atoms with van der Waals surface area (Å²) < 4.78 is 26.0. The number of hydrogen-bond donors (Lipinski definition) is 3. The SMILES string of the molecule is Nc1cnc2ccccc2c1NCC(F)(F)CO. The van der Waals surface area contributed by atoms with Crippen molar-refractivity contribution in [3.05, 3.63) is 30.5 Å². The van der Waals surface area contributed by atoms with E-state index in [9.17, 15) is 8.78 Å². The second kappa shape index (κ2) is 4.73. The summed E-state index contributed by atoms with van der Waals surface area (Å²) in [6, 6.07) is 7.10. The Morgan fingerprint density at radius 3 is 2.78 bits per heavy atom. The average molecular weight is 253 g/mol. The second-order valence-electron chi connectivity index (χ2n) is 3.97. The van der Waals surface area contributed by atoms with E-state index in [1.54, 1.807) is 24.3 Å². The van der Waals surface area contributed by atoms with Gasteiger partial charge in [-0.15, -0.1) is 0 Å². The van der Waals surface area contributed by atoms with Gasteiger partial charge in [-0.1, -0.05) is 18.2 Å². The molecule has 0 aliphatic heterocycles. The Bertz CT molecular complexity index is 560. The summed E-state index contributed by atoms with van der Waals surface area (Å²) in [4.78, 5) is 4.10. The smallest absolute Gasteiger partial charge is 0.287 e. The van der Waals surface area contributed by atoms with Crippen LogP contribution in [0.15, 0.2) is 30.5 Å². The Hall–Kier alpha value is -1.95. The van der Waals surface area contributed by atoms with E-state index in [0.29, 0.717) is 22.3 Å². The molecule has 0 bridgehead atoms. The molecule has 0 radical (unpaired) electrons. The third-order valence-electron chi connectivity index (χ3n) is 2.56. The molecular weight excluding hydrogens is 240 g/mol. The molecule has 0 unspecified atom stereocenters. The fourth-order valence-electron chi connectivity index (χ4n) is 1.63. The van der Waals surface area contributed by atoms with E-state index in [2.05, 4.69) is 10.3 Å². The van der Waals surface area contributed by atoms with Crippen LogP contribution in [0.3, 0.4) is 0 Å². The van der Waals surface area contributed by atoms with Crippen LogP contribution in [0.25, 0.3) is 10.9 Å². The average Bonchev–Trinajstić information content (AvgIpc) is 2.37. The first-order valence-corrected chi connectivity index (χ1v) is 5.39. The number of alkyl halides is 2. The van der Waals surface area contributed by atoms with Crippen molar-refractivity contribution in [2.75, 3.05) is 24.2 Å². The van der Waals surface area contributed by atoms with Crippen LogP contribution in [0.4, 0.5) is 20.2 Å². The van der Waals surface area contributed by atoms with Gasteiger partial charge in [0, 0.05) is 5.39 Å². The summed E-state index contributed by atoms with van der Waals surface area (Å²) >= 11 is 0. The molecule has 0 spiro atoms. The third kappa shape index (κ3) is 2.48. The standard InChI is InChI=1S/C12H13F2N3O/c13-12(14,7-18)6-17-11-8-3-1-2-4-10(8)16-5-9(11)15/h1-5,18H,6-7,15H2,(H,16,17). The number of anilines is 2. The molecule has 4 N–H and O–H groups in total. The number of halogens is 2. The topological polar surface area (TPSA) is 71.2 Å². The first-order valence-electron chi connectivity index (χ1n) is 5.39. The van der Waals surface area contributed by atoms with Gasteiger partial charge in [-0.25, -0.2) is 8.78 Å². The van der Waals surface area contributed by atoms with Crippen LogP contribution in [0, 0.1) is 0 Å². The van der Waals surface area contributed by atoms with Gasteiger partial charge in [0.15, 0.2) is 0 Å². The Balaban J connectivity index is 2.35. The molecule has 4 nitrogen and oxygen atoms in total.